The first-order valence-electron chi connectivity index (χ1n) is 11.8. The molecule has 5 aromatic rings. The number of hydrogen-bond acceptors (Lipinski definition) is 9. The Morgan fingerprint density at radius 2 is 1.32 bits per heavy atom. The molecule has 0 saturated heterocycles. The van der Waals surface area contributed by atoms with Crippen LogP contribution in [-0.4, -0.2) is 51.3 Å². The van der Waals surface area contributed by atoms with E-state index in [2.05, 4.69) is 19.8 Å². The molecular weight excluding hydrogens is 740 g/mol. The Labute approximate surface area is 277 Å². The van der Waals surface area contributed by atoms with E-state index in [1.165, 1.54) is 47.3 Å². The smallest absolute Gasteiger partial charge is 0.263 e. The third kappa shape index (κ3) is 7.57. The summed E-state index contributed by atoms with van der Waals surface area (Å²) in [6.07, 6.45) is 2.43. The van der Waals surface area contributed by atoms with Gasteiger partial charge < -0.3 is 0 Å². The second kappa shape index (κ2) is 13.0. The number of hydrogen-bond donors (Lipinski definition) is 1. The summed E-state index contributed by atoms with van der Waals surface area (Å²) < 4.78 is 74.4. The van der Waals surface area contributed by atoms with Crippen LogP contribution in [0.15, 0.2) is 81.8 Å². The number of sulfone groups is 1. The SMILES string of the molecule is Cn1nc(-c2ccc(NS(=O)(=O)c3cccc(Cl)c3Cl)cc2)c2cnc(S(C)(=O)=O)nc21.O=S(=O)(Cl)c1cccc(Cl)c1Cl. The van der Waals surface area contributed by atoms with E-state index < -0.39 is 28.9 Å². The van der Waals surface area contributed by atoms with Crippen molar-refractivity contribution in [2.75, 3.05) is 11.0 Å². The lowest BCUT2D eigenvalue weighted by atomic mass is 10.1. The summed E-state index contributed by atoms with van der Waals surface area (Å²) >= 11 is 23.1. The molecule has 0 atom stereocenters. The van der Waals surface area contributed by atoms with Crippen LogP contribution in [0.25, 0.3) is 22.3 Å². The number of halogens is 5. The Kier molecular flexibility index (Phi) is 10.1. The fourth-order valence-corrected chi connectivity index (χ4v) is 7.73. The minimum Gasteiger partial charge on any atom is -0.280 e. The van der Waals surface area contributed by atoms with Crippen molar-refractivity contribution in [3.63, 3.8) is 0 Å². The number of rotatable bonds is 6. The van der Waals surface area contributed by atoms with Crippen LogP contribution in [0.5, 0.6) is 0 Å². The standard InChI is InChI=1S/C19H15Cl2N5O4S2.C6H3Cl3O2S/c1-26-18-13(10-22-19(23-18)31(2,27)28)17(24-26)11-6-8-12(9-7-11)25-32(29,30)15-5-3-4-14(20)16(15)21;7-4-2-1-3-5(6(4)8)12(9,10)11/h3-10,25H,1-2H3;1-3H. The van der Waals surface area contributed by atoms with Crippen LogP contribution < -0.4 is 4.72 Å². The molecule has 44 heavy (non-hydrogen) atoms. The quantitative estimate of drug-likeness (QED) is 0.152. The highest BCUT2D eigenvalue weighted by Gasteiger charge is 2.21. The summed E-state index contributed by atoms with van der Waals surface area (Å²) in [4.78, 5) is 7.72. The molecule has 2 aromatic heterocycles. The highest BCUT2D eigenvalue weighted by molar-refractivity contribution is 8.13. The van der Waals surface area contributed by atoms with Crippen molar-refractivity contribution < 1.29 is 25.3 Å². The first-order chi connectivity index (χ1) is 20.4. The van der Waals surface area contributed by atoms with Gasteiger partial charge in [0, 0.05) is 41.4 Å². The van der Waals surface area contributed by atoms with Crippen LogP contribution in [0, 0.1) is 0 Å². The van der Waals surface area contributed by atoms with Crippen LogP contribution in [-0.2, 0) is 36.0 Å². The summed E-state index contributed by atoms with van der Waals surface area (Å²) in [5, 5.41) is 4.86. The van der Waals surface area contributed by atoms with Gasteiger partial charge in [0.05, 0.1) is 25.5 Å². The van der Waals surface area contributed by atoms with E-state index in [1.807, 2.05) is 0 Å². The summed E-state index contributed by atoms with van der Waals surface area (Å²) in [7, 11) is -4.61. The van der Waals surface area contributed by atoms with Gasteiger partial charge in [0.2, 0.25) is 15.0 Å². The van der Waals surface area contributed by atoms with Gasteiger partial charge in [0.1, 0.15) is 15.5 Å². The maximum absolute atomic E-state index is 12.7. The molecule has 0 fully saturated rings. The molecule has 0 aliphatic rings. The number of anilines is 1. The average molecular weight is 758 g/mol. The highest BCUT2D eigenvalue weighted by Crippen LogP contribution is 2.32. The molecule has 0 unspecified atom stereocenters. The molecule has 0 aliphatic heterocycles. The molecule has 5 rings (SSSR count). The van der Waals surface area contributed by atoms with Gasteiger partial charge in [-0.05, 0) is 36.4 Å². The summed E-state index contributed by atoms with van der Waals surface area (Å²) in [5.74, 6) is 0. The zero-order valence-corrected chi connectivity index (χ0v) is 28.4. The average Bonchev–Trinajstić information content (AvgIpc) is 3.27. The number of nitrogens with one attached hydrogen (secondary N) is 1. The molecule has 0 amide bonds. The number of sulfonamides is 1. The molecule has 19 heteroatoms. The molecular formula is C25H18Cl5N5O6S3. The third-order valence-corrected chi connectivity index (χ3v) is 11.2. The number of benzene rings is 3. The fraction of sp³-hybridized carbons (Fsp3) is 0.0800. The van der Waals surface area contributed by atoms with Crippen LogP contribution >= 0.6 is 57.1 Å². The predicted molar refractivity (Wildman–Crippen MR) is 172 cm³/mol. The van der Waals surface area contributed by atoms with E-state index in [-0.39, 0.29) is 35.0 Å². The van der Waals surface area contributed by atoms with Gasteiger partial charge in [-0.1, -0.05) is 70.7 Å². The van der Waals surface area contributed by atoms with E-state index in [9.17, 15) is 25.3 Å². The molecule has 0 radical (unpaired) electrons. The van der Waals surface area contributed by atoms with E-state index >= 15 is 0 Å². The van der Waals surface area contributed by atoms with Gasteiger partial charge in [-0.2, -0.15) is 10.1 Å². The van der Waals surface area contributed by atoms with E-state index in [1.54, 1.807) is 31.3 Å². The van der Waals surface area contributed by atoms with Gasteiger partial charge in [-0.15, -0.1) is 0 Å². The Bertz CT molecular complexity index is 2230. The van der Waals surface area contributed by atoms with Crippen LogP contribution in [0.2, 0.25) is 20.1 Å². The van der Waals surface area contributed by atoms with Crippen molar-refractivity contribution in [3.05, 3.63) is 87.0 Å². The normalized spacial score (nSPS) is 12.1. The number of fused-ring (bicyclic) bond motifs is 1. The summed E-state index contributed by atoms with van der Waals surface area (Å²) in [6, 6.07) is 15.1. The van der Waals surface area contributed by atoms with Gasteiger partial charge in [-0.25, -0.2) is 34.9 Å². The molecule has 11 nitrogen and oxygen atoms in total. The lowest BCUT2D eigenvalue weighted by Crippen LogP contribution is -2.13. The molecule has 3 aromatic carbocycles. The van der Waals surface area contributed by atoms with Crippen LogP contribution in [0.3, 0.4) is 0 Å². The summed E-state index contributed by atoms with van der Waals surface area (Å²) in [5.41, 5.74) is 1.85. The minimum absolute atomic E-state index is 0.0471. The number of aryl methyl sites for hydroxylation is 1. The zero-order chi connectivity index (χ0) is 32.6. The lowest BCUT2D eigenvalue weighted by molar-refractivity contribution is 0.592. The molecule has 0 saturated carbocycles. The lowest BCUT2D eigenvalue weighted by Gasteiger charge is -2.10. The topological polar surface area (TPSA) is 158 Å². The van der Waals surface area contributed by atoms with Crippen LogP contribution in [0.4, 0.5) is 5.69 Å². The second-order valence-corrected chi connectivity index (χ2v) is 16.5. The first-order valence-corrected chi connectivity index (χ1v) is 19.0. The third-order valence-electron chi connectivity index (χ3n) is 5.68. The number of nitrogens with zero attached hydrogens (tertiary/aromatic N) is 4. The van der Waals surface area contributed by atoms with Crippen molar-refractivity contribution in [3.8, 4) is 11.3 Å². The van der Waals surface area contributed by atoms with Gasteiger partial charge in [0.15, 0.2) is 5.65 Å². The maximum atomic E-state index is 12.7. The van der Waals surface area contributed by atoms with Gasteiger partial charge in [-0.3, -0.25) is 4.72 Å². The van der Waals surface area contributed by atoms with Crippen molar-refractivity contribution in [2.24, 2.45) is 7.05 Å². The Morgan fingerprint density at radius 3 is 1.84 bits per heavy atom. The molecule has 2 heterocycles. The second-order valence-electron chi connectivity index (χ2n) is 8.86. The minimum atomic E-state index is -3.96. The van der Waals surface area contributed by atoms with Crippen molar-refractivity contribution in [1.29, 1.82) is 0 Å². The van der Waals surface area contributed by atoms with E-state index in [0.717, 1.165) is 6.26 Å². The molecule has 1 N–H and O–H groups in total. The summed E-state index contributed by atoms with van der Waals surface area (Å²) in [6.45, 7) is 0. The fourth-order valence-electron chi connectivity index (χ4n) is 3.68. The van der Waals surface area contributed by atoms with Crippen molar-refractivity contribution >= 4 is 103 Å². The zero-order valence-electron chi connectivity index (χ0n) is 22.2. The maximum Gasteiger partial charge on any atom is 0.263 e. The van der Waals surface area contributed by atoms with Gasteiger partial charge >= 0.3 is 0 Å². The molecule has 0 spiro atoms. The Morgan fingerprint density at radius 1 is 0.773 bits per heavy atom. The Hall–Kier alpha value is -2.69. The van der Waals surface area contributed by atoms with Crippen molar-refractivity contribution in [2.45, 2.75) is 14.9 Å². The first kappa shape index (κ1) is 34.2. The molecule has 0 aliphatic carbocycles. The van der Waals surface area contributed by atoms with E-state index in [4.69, 9.17) is 57.1 Å². The predicted octanol–water partition coefficient (Wildman–Crippen LogP) is 6.46. The number of aromatic nitrogens is 4. The Balaban J connectivity index is 0.000000309. The molecule has 232 valence electrons. The van der Waals surface area contributed by atoms with E-state index in [0.29, 0.717) is 28.0 Å². The monoisotopic (exact) mass is 755 g/mol. The van der Waals surface area contributed by atoms with Crippen LogP contribution in [0.1, 0.15) is 0 Å². The van der Waals surface area contributed by atoms with Gasteiger partial charge in [0.25, 0.3) is 19.1 Å². The van der Waals surface area contributed by atoms with Crippen molar-refractivity contribution in [1.82, 2.24) is 19.7 Å². The largest absolute Gasteiger partial charge is 0.280 e. The molecule has 0 bridgehead atoms. The highest BCUT2D eigenvalue weighted by atomic mass is 35.7.